The highest BCUT2D eigenvalue weighted by molar-refractivity contribution is 6.30. The molecule has 0 spiro atoms. The normalized spacial score (nSPS) is 22.2. The lowest BCUT2D eigenvalue weighted by molar-refractivity contribution is 0.131. The van der Waals surface area contributed by atoms with Crippen molar-refractivity contribution in [3.63, 3.8) is 0 Å². The third-order valence-corrected chi connectivity index (χ3v) is 2.56. The molecule has 1 heterocycles. The molecule has 0 bridgehead atoms. The Morgan fingerprint density at radius 3 is 3.15 bits per heavy atom. The molecule has 0 saturated carbocycles. The molecule has 0 amide bonds. The van der Waals surface area contributed by atoms with E-state index >= 15 is 0 Å². The van der Waals surface area contributed by atoms with Gasteiger partial charge in [-0.15, -0.1) is 0 Å². The van der Waals surface area contributed by atoms with Crippen molar-refractivity contribution in [3.8, 4) is 0 Å². The van der Waals surface area contributed by atoms with E-state index in [2.05, 4.69) is 0 Å². The van der Waals surface area contributed by atoms with E-state index in [9.17, 15) is 0 Å². The van der Waals surface area contributed by atoms with E-state index in [1.807, 2.05) is 18.2 Å². The fraction of sp³-hybridized carbons (Fsp3) is 0.400. The second-order valence-electron chi connectivity index (χ2n) is 3.27. The first-order valence-electron chi connectivity index (χ1n) is 4.39. The van der Waals surface area contributed by atoms with E-state index in [4.69, 9.17) is 22.1 Å². The number of ether oxygens (including phenoxy) is 1. The van der Waals surface area contributed by atoms with Crippen molar-refractivity contribution in [2.24, 2.45) is 5.73 Å². The van der Waals surface area contributed by atoms with Crippen LogP contribution in [0.1, 0.15) is 17.2 Å². The number of rotatable bonds is 0. The van der Waals surface area contributed by atoms with Crippen LogP contribution in [0.3, 0.4) is 0 Å². The van der Waals surface area contributed by atoms with E-state index in [1.165, 1.54) is 5.56 Å². The predicted octanol–water partition coefficient (Wildman–Crippen LogP) is 1.91. The van der Waals surface area contributed by atoms with Crippen LogP contribution in [0, 0.1) is 0 Å². The van der Waals surface area contributed by atoms with Gasteiger partial charge >= 0.3 is 0 Å². The van der Waals surface area contributed by atoms with Gasteiger partial charge in [0, 0.05) is 5.02 Å². The number of hydrogen-bond acceptors (Lipinski definition) is 2. The number of halogens is 1. The van der Waals surface area contributed by atoms with E-state index in [0.29, 0.717) is 6.61 Å². The minimum absolute atomic E-state index is 0.0313. The second-order valence-corrected chi connectivity index (χ2v) is 3.71. The van der Waals surface area contributed by atoms with E-state index in [-0.39, 0.29) is 6.04 Å². The first-order valence-corrected chi connectivity index (χ1v) is 4.77. The molecule has 2 nitrogen and oxygen atoms in total. The minimum atomic E-state index is -0.0313. The van der Waals surface area contributed by atoms with Crippen LogP contribution in [0.4, 0.5) is 0 Å². The van der Waals surface area contributed by atoms with Crippen LogP contribution < -0.4 is 5.73 Å². The Hall–Kier alpha value is -0.570. The molecule has 1 atom stereocenters. The number of benzene rings is 1. The zero-order valence-corrected chi connectivity index (χ0v) is 8.05. The van der Waals surface area contributed by atoms with Gasteiger partial charge in [0.2, 0.25) is 0 Å². The fourth-order valence-corrected chi connectivity index (χ4v) is 1.80. The monoisotopic (exact) mass is 197 g/mol. The van der Waals surface area contributed by atoms with Crippen molar-refractivity contribution in [2.75, 3.05) is 13.2 Å². The minimum Gasteiger partial charge on any atom is -0.379 e. The first kappa shape index (κ1) is 9.00. The maximum absolute atomic E-state index is 5.93. The van der Waals surface area contributed by atoms with Gasteiger partial charge in [-0.3, -0.25) is 0 Å². The molecule has 0 radical (unpaired) electrons. The van der Waals surface area contributed by atoms with Crippen molar-refractivity contribution in [3.05, 3.63) is 34.3 Å². The molecular weight excluding hydrogens is 186 g/mol. The summed E-state index contributed by atoms with van der Waals surface area (Å²) in [6.45, 7) is 1.34. The van der Waals surface area contributed by atoms with Gasteiger partial charge in [0.05, 0.1) is 19.3 Å². The van der Waals surface area contributed by atoms with Crippen molar-refractivity contribution >= 4 is 11.6 Å². The summed E-state index contributed by atoms with van der Waals surface area (Å²) in [6, 6.07) is 5.84. The van der Waals surface area contributed by atoms with Gasteiger partial charge in [-0.1, -0.05) is 17.7 Å². The lowest BCUT2D eigenvalue weighted by Gasteiger charge is -2.11. The maximum Gasteiger partial charge on any atom is 0.0659 e. The Labute approximate surface area is 82.6 Å². The first-order chi connectivity index (χ1) is 6.27. The Morgan fingerprint density at radius 1 is 1.46 bits per heavy atom. The van der Waals surface area contributed by atoms with Crippen LogP contribution in [-0.2, 0) is 11.2 Å². The quantitative estimate of drug-likeness (QED) is 0.690. The van der Waals surface area contributed by atoms with Crippen molar-refractivity contribution < 1.29 is 4.74 Å². The molecule has 13 heavy (non-hydrogen) atoms. The Morgan fingerprint density at radius 2 is 2.31 bits per heavy atom. The van der Waals surface area contributed by atoms with E-state index < -0.39 is 0 Å². The summed E-state index contributed by atoms with van der Waals surface area (Å²) in [5, 5.41) is 0.746. The highest BCUT2D eigenvalue weighted by Gasteiger charge is 2.15. The highest BCUT2D eigenvalue weighted by atomic mass is 35.5. The van der Waals surface area contributed by atoms with Crippen molar-refractivity contribution in [2.45, 2.75) is 12.5 Å². The van der Waals surface area contributed by atoms with Crippen LogP contribution >= 0.6 is 11.6 Å². The van der Waals surface area contributed by atoms with E-state index in [0.717, 1.165) is 23.6 Å². The van der Waals surface area contributed by atoms with Crippen LogP contribution in [-0.4, -0.2) is 13.2 Å². The van der Waals surface area contributed by atoms with Crippen molar-refractivity contribution in [1.82, 2.24) is 0 Å². The molecule has 70 valence electrons. The average molecular weight is 198 g/mol. The summed E-state index contributed by atoms with van der Waals surface area (Å²) in [4.78, 5) is 0. The predicted molar refractivity (Wildman–Crippen MR) is 52.9 cm³/mol. The number of nitrogens with two attached hydrogens (primary N) is 1. The van der Waals surface area contributed by atoms with Crippen LogP contribution in [0.15, 0.2) is 18.2 Å². The Bertz CT molecular complexity index is 314. The van der Waals surface area contributed by atoms with Crippen molar-refractivity contribution in [1.29, 1.82) is 0 Å². The summed E-state index contributed by atoms with van der Waals surface area (Å²) in [6.07, 6.45) is 0.931. The molecule has 1 aromatic rings. The lowest BCUT2D eigenvalue weighted by Crippen LogP contribution is -2.15. The van der Waals surface area contributed by atoms with Gasteiger partial charge in [0.25, 0.3) is 0 Å². The summed E-state index contributed by atoms with van der Waals surface area (Å²) in [5.41, 5.74) is 8.32. The standard InChI is InChI=1S/C10H12ClNO/c11-8-2-1-7-3-4-13-6-10(12)9(7)5-8/h1-2,5,10H,3-4,6,12H2. The molecule has 2 N–H and O–H groups in total. The molecule has 3 heteroatoms. The summed E-state index contributed by atoms with van der Waals surface area (Å²) < 4.78 is 5.36. The summed E-state index contributed by atoms with van der Waals surface area (Å²) in [7, 11) is 0. The molecule has 1 aromatic carbocycles. The second kappa shape index (κ2) is 3.66. The van der Waals surface area contributed by atoms with Crippen LogP contribution in [0.25, 0.3) is 0 Å². The molecule has 0 fully saturated rings. The molecule has 1 aliphatic rings. The smallest absolute Gasteiger partial charge is 0.0659 e. The largest absolute Gasteiger partial charge is 0.379 e. The van der Waals surface area contributed by atoms with Gasteiger partial charge in [-0.2, -0.15) is 0 Å². The van der Waals surface area contributed by atoms with Crippen LogP contribution in [0.2, 0.25) is 5.02 Å². The van der Waals surface area contributed by atoms with Gasteiger partial charge in [0.1, 0.15) is 0 Å². The molecule has 1 unspecified atom stereocenters. The summed E-state index contributed by atoms with van der Waals surface area (Å²) >= 11 is 5.90. The maximum atomic E-state index is 5.93. The zero-order valence-electron chi connectivity index (χ0n) is 7.29. The molecule has 0 aliphatic carbocycles. The van der Waals surface area contributed by atoms with Gasteiger partial charge in [-0.25, -0.2) is 0 Å². The zero-order chi connectivity index (χ0) is 9.26. The van der Waals surface area contributed by atoms with Gasteiger partial charge in [-0.05, 0) is 29.7 Å². The summed E-state index contributed by atoms with van der Waals surface area (Å²) in [5.74, 6) is 0. The van der Waals surface area contributed by atoms with E-state index in [1.54, 1.807) is 0 Å². The highest BCUT2D eigenvalue weighted by Crippen LogP contribution is 2.24. The molecule has 2 rings (SSSR count). The SMILES string of the molecule is NC1COCCc2ccc(Cl)cc21. The Balaban J connectivity index is 2.43. The number of hydrogen-bond donors (Lipinski definition) is 1. The molecule has 0 aromatic heterocycles. The molecule has 0 saturated heterocycles. The number of fused-ring (bicyclic) bond motifs is 1. The molecule has 1 aliphatic heterocycles. The molecular formula is C10H12ClNO. The fourth-order valence-electron chi connectivity index (χ4n) is 1.62. The average Bonchev–Trinajstić information content (AvgIpc) is 2.29. The third-order valence-electron chi connectivity index (χ3n) is 2.32. The van der Waals surface area contributed by atoms with Crippen LogP contribution in [0.5, 0.6) is 0 Å². The van der Waals surface area contributed by atoms with Gasteiger partial charge < -0.3 is 10.5 Å². The lowest BCUT2D eigenvalue weighted by atomic mass is 10.0. The topological polar surface area (TPSA) is 35.2 Å². The third kappa shape index (κ3) is 1.85. The Kier molecular flexibility index (Phi) is 2.54. The van der Waals surface area contributed by atoms with Gasteiger partial charge in [0.15, 0.2) is 0 Å².